The minimum Gasteiger partial charge on any atom is -0.482 e. The minimum atomic E-state index is 0.00730. The summed E-state index contributed by atoms with van der Waals surface area (Å²) in [5, 5.41) is 4.52. The van der Waals surface area contributed by atoms with Crippen molar-refractivity contribution in [1.82, 2.24) is 19.7 Å². The van der Waals surface area contributed by atoms with Gasteiger partial charge in [0.1, 0.15) is 5.75 Å². The Balaban J connectivity index is 1.56. The van der Waals surface area contributed by atoms with Crippen molar-refractivity contribution in [1.29, 1.82) is 0 Å². The van der Waals surface area contributed by atoms with Gasteiger partial charge in [0.15, 0.2) is 6.61 Å². The van der Waals surface area contributed by atoms with Gasteiger partial charge in [-0.15, -0.1) is 0 Å². The molecular formula is C16H20N4O2. The van der Waals surface area contributed by atoms with E-state index in [0.29, 0.717) is 12.3 Å². The van der Waals surface area contributed by atoms with Gasteiger partial charge < -0.3 is 9.64 Å². The lowest BCUT2D eigenvalue weighted by Gasteiger charge is -2.17. The van der Waals surface area contributed by atoms with Gasteiger partial charge in [0, 0.05) is 25.0 Å². The van der Waals surface area contributed by atoms with Crippen molar-refractivity contribution in [3.63, 3.8) is 0 Å². The summed E-state index contributed by atoms with van der Waals surface area (Å²) in [6.45, 7) is 5.53. The van der Waals surface area contributed by atoms with Crippen molar-refractivity contribution in [3.8, 4) is 5.75 Å². The molecule has 1 atom stereocenters. The number of hydrogen-bond donors (Lipinski definition) is 0. The molecule has 0 aromatic carbocycles. The van der Waals surface area contributed by atoms with E-state index in [1.54, 1.807) is 24.5 Å². The summed E-state index contributed by atoms with van der Waals surface area (Å²) in [5.41, 5.74) is 2.16. The topological polar surface area (TPSA) is 60.2 Å². The fourth-order valence-corrected chi connectivity index (χ4v) is 2.85. The monoisotopic (exact) mass is 300 g/mol. The first-order valence-electron chi connectivity index (χ1n) is 7.47. The molecule has 0 bridgehead atoms. The Morgan fingerprint density at radius 3 is 3.00 bits per heavy atom. The van der Waals surface area contributed by atoms with E-state index in [2.05, 4.69) is 23.1 Å². The van der Waals surface area contributed by atoms with Gasteiger partial charge in [-0.25, -0.2) is 0 Å². The van der Waals surface area contributed by atoms with Gasteiger partial charge in [0.05, 0.1) is 17.9 Å². The molecule has 1 fully saturated rings. The Morgan fingerprint density at radius 1 is 1.45 bits per heavy atom. The zero-order valence-electron chi connectivity index (χ0n) is 12.9. The van der Waals surface area contributed by atoms with Crippen molar-refractivity contribution in [2.45, 2.75) is 26.3 Å². The van der Waals surface area contributed by atoms with Crippen molar-refractivity contribution >= 4 is 5.91 Å². The molecule has 2 aromatic heterocycles. The predicted octanol–water partition coefficient (Wildman–Crippen LogP) is 1.75. The molecule has 0 aliphatic carbocycles. The molecule has 1 aliphatic rings. The third kappa shape index (κ3) is 3.10. The summed E-state index contributed by atoms with van der Waals surface area (Å²) >= 11 is 0. The van der Waals surface area contributed by atoms with Gasteiger partial charge in [-0.3, -0.25) is 14.5 Å². The van der Waals surface area contributed by atoms with Crippen LogP contribution in [-0.4, -0.2) is 45.3 Å². The highest BCUT2D eigenvalue weighted by Crippen LogP contribution is 2.23. The lowest BCUT2D eigenvalue weighted by molar-refractivity contribution is -0.132. The highest BCUT2D eigenvalue weighted by molar-refractivity contribution is 5.78. The fourth-order valence-electron chi connectivity index (χ4n) is 2.85. The van der Waals surface area contributed by atoms with Crippen LogP contribution in [0.5, 0.6) is 5.75 Å². The molecule has 0 unspecified atom stereocenters. The predicted molar refractivity (Wildman–Crippen MR) is 81.7 cm³/mol. The first-order chi connectivity index (χ1) is 10.6. The number of aryl methyl sites for hydroxylation is 2. The summed E-state index contributed by atoms with van der Waals surface area (Å²) in [6.07, 6.45) is 4.21. The van der Waals surface area contributed by atoms with Crippen molar-refractivity contribution in [2.75, 3.05) is 19.7 Å². The van der Waals surface area contributed by atoms with E-state index in [9.17, 15) is 4.79 Å². The maximum atomic E-state index is 12.2. The molecule has 1 saturated heterocycles. The number of aromatic nitrogens is 3. The Bertz CT molecular complexity index is 653. The average Bonchev–Trinajstić information content (AvgIpc) is 3.12. The van der Waals surface area contributed by atoms with E-state index in [4.69, 9.17) is 4.74 Å². The Kier molecular flexibility index (Phi) is 4.09. The number of ether oxygens (including phenoxy) is 1. The van der Waals surface area contributed by atoms with Gasteiger partial charge in [-0.1, -0.05) is 0 Å². The second-order valence-corrected chi connectivity index (χ2v) is 5.63. The van der Waals surface area contributed by atoms with Crippen molar-refractivity contribution in [2.24, 2.45) is 0 Å². The molecule has 0 N–H and O–H groups in total. The van der Waals surface area contributed by atoms with E-state index >= 15 is 0 Å². The van der Waals surface area contributed by atoms with E-state index in [1.165, 1.54) is 0 Å². The standard InChI is InChI=1S/C16H20N4O2/c1-12-8-13(2)20(18-12)14-5-7-19(10-14)16(21)11-22-15-4-3-6-17-9-15/h3-4,6,8-9,14H,5,7,10-11H2,1-2H3/t14-/m1/s1. The minimum absolute atomic E-state index is 0.00730. The Labute approximate surface area is 129 Å². The van der Waals surface area contributed by atoms with Crippen LogP contribution in [0.3, 0.4) is 0 Å². The highest BCUT2D eigenvalue weighted by Gasteiger charge is 2.28. The first-order valence-corrected chi connectivity index (χ1v) is 7.47. The third-order valence-electron chi connectivity index (χ3n) is 3.90. The van der Waals surface area contributed by atoms with Gasteiger partial charge >= 0.3 is 0 Å². The van der Waals surface area contributed by atoms with Crippen LogP contribution in [0, 0.1) is 13.8 Å². The van der Waals surface area contributed by atoms with Gasteiger partial charge in [0.25, 0.3) is 5.91 Å². The zero-order valence-corrected chi connectivity index (χ0v) is 12.9. The molecule has 116 valence electrons. The van der Waals surface area contributed by atoms with Gasteiger partial charge in [0.2, 0.25) is 0 Å². The lowest BCUT2D eigenvalue weighted by Crippen LogP contribution is -2.33. The number of rotatable bonds is 4. The molecule has 3 rings (SSSR count). The summed E-state index contributed by atoms with van der Waals surface area (Å²) < 4.78 is 7.51. The number of pyridine rings is 1. The molecule has 22 heavy (non-hydrogen) atoms. The van der Waals surface area contributed by atoms with Crippen LogP contribution >= 0.6 is 0 Å². The Morgan fingerprint density at radius 2 is 2.32 bits per heavy atom. The van der Waals surface area contributed by atoms with Crippen LogP contribution in [0.1, 0.15) is 23.9 Å². The number of likely N-dealkylation sites (tertiary alicyclic amines) is 1. The summed E-state index contributed by atoms with van der Waals surface area (Å²) in [5.74, 6) is 0.623. The molecule has 1 aliphatic heterocycles. The number of carbonyl (C=O) groups excluding carboxylic acids is 1. The SMILES string of the molecule is Cc1cc(C)n([C@@H]2CCN(C(=O)COc3cccnc3)C2)n1. The van der Waals surface area contributed by atoms with Gasteiger partial charge in [-0.2, -0.15) is 5.10 Å². The third-order valence-corrected chi connectivity index (χ3v) is 3.90. The van der Waals surface area contributed by atoms with Crippen LogP contribution in [0.4, 0.5) is 0 Å². The average molecular weight is 300 g/mol. The van der Waals surface area contributed by atoms with E-state index in [1.807, 2.05) is 16.5 Å². The van der Waals surface area contributed by atoms with E-state index < -0.39 is 0 Å². The molecule has 1 amide bonds. The lowest BCUT2D eigenvalue weighted by atomic mass is 10.2. The molecule has 0 radical (unpaired) electrons. The van der Waals surface area contributed by atoms with E-state index in [-0.39, 0.29) is 18.6 Å². The summed E-state index contributed by atoms with van der Waals surface area (Å²) in [6, 6.07) is 5.91. The smallest absolute Gasteiger partial charge is 0.260 e. The van der Waals surface area contributed by atoms with Crippen LogP contribution in [0.2, 0.25) is 0 Å². The number of amides is 1. The zero-order chi connectivity index (χ0) is 15.5. The highest BCUT2D eigenvalue weighted by atomic mass is 16.5. The number of nitrogens with zero attached hydrogens (tertiary/aromatic N) is 4. The van der Waals surface area contributed by atoms with Crippen molar-refractivity contribution < 1.29 is 9.53 Å². The maximum absolute atomic E-state index is 12.2. The second-order valence-electron chi connectivity index (χ2n) is 5.63. The Hall–Kier alpha value is -2.37. The van der Waals surface area contributed by atoms with Crippen molar-refractivity contribution in [3.05, 3.63) is 42.0 Å². The van der Waals surface area contributed by atoms with Crippen LogP contribution in [0.15, 0.2) is 30.6 Å². The van der Waals surface area contributed by atoms with Gasteiger partial charge in [-0.05, 0) is 38.5 Å². The molecule has 0 spiro atoms. The number of carbonyl (C=O) groups is 1. The summed E-state index contributed by atoms with van der Waals surface area (Å²) in [7, 11) is 0. The van der Waals surface area contributed by atoms with Crippen LogP contribution in [0.25, 0.3) is 0 Å². The van der Waals surface area contributed by atoms with E-state index in [0.717, 1.165) is 24.4 Å². The molecule has 2 aromatic rings. The second kappa shape index (κ2) is 6.17. The summed E-state index contributed by atoms with van der Waals surface area (Å²) in [4.78, 5) is 18.0. The molecular weight excluding hydrogens is 280 g/mol. The quantitative estimate of drug-likeness (QED) is 0.863. The molecule has 3 heterocycles. The molecule has 6 heteroatoms. The first kappa shape index (κ1) is 14.6. The molecule has 6 nitrogen and oxygen atoms in total. The normalized spacial score (nSPS) is 17.7. The maximum Gasteiger partial charge on any atom is 0.260 e. The van der Waals surface area contributed by atoms with Crippen LogP contribution in [-0.2, 0) is 4.79 Å². The molecule has 0 saturated carbocycles. The fraction of sp³-hybridized carbons (Fsp3) is 0.438. The number of hydrogen-bond acceptors (Lipinski definition) is 4. The largest absolute Gasteiger partial charge is 0.482 e. The van der Waals surface area contributed by atoms with Crippen LogP contribution < -0.4 is 4.74 Å².